The Bertz CT molecular complexity index is 455. The van der Waals surface area contributed by atoms with Crippen molar-refractivity contribution in [1.29, 1.82) is 0 Å². The summed E-state index contributed by atoms with van der Waals surface area (Å²) in [7, 11) is 0. The number of halogens is 2. The molecule has 5 heteroatoms. The highest BCUT2D eigenvalue weighted by molar-refractivity contribution is 7.80. The van der Waals surface area contributed by atoms with Crippen LogP contribution in [-0.4, -0.2) is 10.5 Å². The fourth-order valence-electron chi connectivity index (χ4n) is 2.27. The minimum atomic E-state index is -0.641. The van der Waals surface area contributed by atoms with Crippen molar-refractivity contribution in [3.05, 3.63) is 29.3 Å². The van der Waals surface area contributed by atoms with Crippen molar-refractivity contribution < 1.29 is 8.78 Å². The number of nitrogens with one attached hydrogen (secondary N) is 1. The molecule has 98 valence electrons. The third-order valence-corrected chi connectivity index (χ3v) is 3.94. The molecule has 0 unspecified atom stereocenters. The van der Waals surface area contributed by atoms with Gasteiger partial charge in [0.2, 0.25) is 0 Å². The van der Waals surface area contributed by atoms with Crippen LogP contribution in [0.3, 0.4) is 0 Å². The highest BCUT2D eigenvalue weighted by Gasteiger charge is 2.36. The van der Waals surface area contributed by atoms with Crippen molar-refractivity contribution in [1.82, 2.24) is 0 Å². The molecule has 0 aromatic heterocycles. The van der Waals surface area contributed by atoms with Crippen LogP contribution in [0.5, 0.6) is 0 Å². The maximum absolute atomic E-state index is 13.9. The predicted octanol–water partition coefficient (Wildman–Crippen LogP) is 3.34. The first-order valence-electron chi connectivity index (χ1n) is 6.04. The SMILES string of the molecule is CCC1(Nc2c(F)cc(C(N)=S)cc2F)CCC1. The average molecular weight is 270 g/mol. The first kappa shape index (κ1) is 13.2. The number of hydrogen-bond acceptors (Lipinski definition) is 2. The van der Waals surface area contributed by atoms with E-state index in [1.165, 1.54) is 12.1 Å². The standard InChI is InChI=1S/C13H16F2N2S/c1-2-13(4-3-5-13)17-11-9(14)6-8(12(16)18)7-10(11)15/h6-7,17H,2-5H2,1H3,(H2,16,18). The lowest BCUT2D eigenvalue weighted by Crippen LogP contribution is -2.44. The molecule has 0 heterocycles. The molecule has 1 aromatic carbocycles. The van der Waals surface area contributed by atoms with Crippen LogP contribution < -0.4 is 11.1 Å². The normalized spacial score (nSPS) is 17.1. The Balaban J connectivity index is 2.31. The molecule has 1 aromatic rings. The number of nitrogens with two attached hydrogens (primary N) is 1. The third-order valence-electron chi connectivity index (χ3n) is 3.70. The van der Waals surface area contributed by atoms with E-state index >= 15 is 0 Å². The smallest absolute Gasteiger partial charge is 0.150 e. The summed E-state index contributed by atoms with van der Waals surface area (Å²) in [6, 6.07) is 2.35. The van der Waals surface area contributed by atoms with Gasteiger partial charge in [0.1, 0.15) is 22.3 Å². The molecular weight excluding hydrogens is 254 g/mol. The van der Waals surface area contributed by atoms with Gasteiger partial charge in [-0.15, -0.1) is 0 Å². The van der Waals surface area contributed by atoms with E-state index in [1.54, 1.807) is 0 Å². The molecule has 0 saturated heterocycles. The monoisotopic (exact) mass is 270 g/mol. The molecule has 1 aliphatic rings. The molecule has 0 aliphatic heterocycles. The molecule has 3 N–H and O–H groups in total. The molecule has 0 amide bonds. The summed E-state index contributed by atoms with van der Waals surface area (Å²) < 4.78 is 27.8. The van der Waals surface area contributed by atoms with Gasteiger partial charge in [0.25, 0.3) is 0 Å². The van der Waals surface area contributed by atoms with Crippen LogP contribution in [0.2, 0.25) is 0 Å². The summed E-state index contributed by atoms with van der Waals surface area (Å²) in [6.07, 6.45) is 3.83. The van der Waals surface area contributed by atoms with E-state index in [9.17, 15) is 8.78 Å². The Morgan fingerprint density at radius 2 is 1.94 bits per heavy atom. The van der Waals surface area contributed by atoms with Crippen molar-refractivity contribution in [2.24, 2.45) is 5.73 Å². The van der Waals surface area contributed by atoms with E-state index in [-0.39, 0.29) is 21.8 Å². The molecule has 18 heavy (non-hydrogen) atoms. The quantitative estimate of drug-likeness (QED) is 0.824. The minimum absolute atomic E-state index is 0.00630. The molecule has 1 aliphatic carbocycles. The predicted molar refractivity (Wildman–Crippen MR) is 72.7 cm³/mol. The summed E-state index contributed by atoms with van der Waals surface area (Å²) in [5, 5.41) is 3.01. The zero-order valence-corrected chi connectivity index (χ0v) is 11.0. The molecule has 2 rings (SSSR count). The fourth-order valence-corrected chi connectivity index (χ4v) is 2.39. The summed E-state index contributed by atoms with van der Waals surface area (Å²) in [5.74, 6) is -1.28. The van der Waals surface area contributed by atoms with E-state index in [4.69, 9.17) is 18.0 Å². The topological polar surface area (TPSA) is 38.0 Å². The van der Waals surface area contributed by atoms with Gasteiger partial charge in [-0.25, -0.2) is 8.78 Å². The molecule has 0 atom stereocenters. The summed E-state index contributed by atoms with van der Waals surface area (Å²) in [6.45, 7) is 2.02. The Labute approximate surface area is 111 Å². The maximum atomic E-state index is 13.9. The van der Waals surface area contributed by atoms with E-state index in [0.717, 1.165) is 25.7 Å². The Kier molecular flexibility index (Phi) is 3.52. The zero-order chi connectivity index (χ0) is 13.3. The lowest BCUT2D eigenvalue weighted by Gasteiger charge is -2.43. The highest BCUT2D eigenvalue weighted by Crippen LogP contribution is 2.39. The van der Waals surface area contributed by atoms with Crippen LogP contribution in [0.25, 0.3) is 0 Å². The minimum Gasteiger partial charge on any atom is -0.389 e. The molecule has 1 saturated carbocycles. The number of thiocarbonyl (C=S) groups is 1. The highest BCUT2D eigenvalue weighted by atomic mass is 32.1. The second-order valence-electron chi connectivity index (χ2n) is 4.79. The van der Waals surface area contributed by atoms with Gasteiger partial charge in [-0.2, -0.15) is 0 Å². The van der Waals surface area contributed by atoms with Gasteiger partial charge in [-0.3, -0.25) is 0 Å². The number of benzene rings is 1. The Morgan fingerprint density at radius 3 is 2.28 bits per heavy atom. The second-order valence-corrected chi connectivity index (χ2v) is 5.23. The van der Waals surface area contributed by atoms with Crippen molar-refractivity contribution in [3.8, 4) is 0 Å². The molecular formula is C13H16F2N2S. The van der Waals surface area contributed by atoms with E-state index in [1.807, 2.05) is 6.92 Å². The maximum Gasteiger partial charge on any atom is 0.150 e. The van der Waals surface area contributed by atoms with Gasteiger partial charge in [-0.1, -0.05) is 19.1 Å². The largest absolute Gasteiger partial charge is 0.389 e. The molecule has 2 nitrogen and oxygen atoms in total. The van der Waals surface area contributed by atoms with Gasteiger partial charge in [0.15, 0.2) is 0 Å². The summed E-state index contributed by atoms with van der Waals surface area (Å²) >= 11 is 4.72. The van der Waals surface area contributed by atoms with Crippen LogP contribution in [0.15, 0.2) is 12.1 Å². The van der Waals surface area contributed by atoms with E-state index in [0.29, 0.717) is 0 Å². The van der Waals surface area contributed by atoms with Crippen LogP contribution in [-0.2, 0) is 0 Å². The Hall–Kier alpha value is -1.23. The van der Waals surface area contributed by atoms with Crippen LogP contribution in [0.1, 0.15) is 38.2 Å². The van der Waals surface area contributed by atoms with Crippen LogP contribution in [0, 0.1) is 11.6 Å². The first-order valence-corrected chi connectivity index (χ1v) is 6.45. The second kappa shape index (κ2) is 4.80. The number of anilines is 1. The van der Waals surface area contributed by atoms with Crippen molar-refractivity contribution in [2.45, 2.75) is 38.1 Å². The van der Waals surface area contributed by atoms with Crippen molar-refractivity contribution in [3.63, 3.8) is 0 Å². The van der Waals surface area contributed by atoms with E-state index in [2.05, 4.69) is 5.32 Å². The third kappa shape index (κ3) is 2.32. The number of rotatable bonds is 4. The summed E-state index contributed by atoms with van der Waals surface area (Å²) in [5.41, 5.74) is 5.35. The van der Waals surface area contributed by atoms with Gasteiger partial charge in [0.05, 0.1) is 0 Å². The lowest BCUT2D eigenvalue weighted by molar-refractivity contribution is 0.267. The lowest BCUT2D eigenvalue weighted by atomic mass is 9.74. The van der Waals surface area contributed by atoms with Gasteiger partial charge in [-0.05, 0) is 37.8 Å². The molecule has 0 bridgehead atoms. The number of hydrogen-bond donors (Lipinski definition) is 2. The zero-order valence-electron chi connectivity index (χ0n) is 10.2. The first-order chi connectivity index (χ1) is 8.47. The van der Waals surface area contributed by atoms with Crippen LogP contribution >= 0.6 is 12.2 Å². The van der Waals surface area contributed by atoms with E-state index < -0.39 is 11.6 Å². The average Bonchev–Trinajstić information content (AvgIpc) is 2.26. The van der Waals surface area contributed by atoms with Crippen molar-refractivity contribution >= 4 is 22.9 Å². The van der Waals surface area contributed by atoms with Gasteiger partial charge < -0.3 is 11.1 Å². The fraction of sp³-hybridized carbons (Fsp3) is 0.462. The molecule has 0 spiro atoms. The van der Waals surface area contributed by atoms with Crippen molar-refractivity contribution in [2.75, 3.05) is 5.32 Å². The Morgan fingerprint density at radius 1 is 1.39 bits per heavy atom. The van der Waals surface area contributed by atoms with Crippen LogP contribution in [0.4, 0.5) is 14.5 Å². The molecule has 1 fully saturated rings. The van der Waals surface area contributed by atoms with Gasteiger partial charge >= 0.3 is 0 Å². The van der Waals surface area contributed by atoms with Gasteiger partial charge in [0, 0.05) is 11.1 Å². The molecule has 0 radical (unpaired) electrons. The summed E-state index contributed by atoms with van der Waals surface area (Å²) in [4.78, 5) is -0.00630.